The maximum atomic E-state index is 14.9. The molecule has 3 aromatic carbocycles. The van der Waals surface area contributed by atoms with Crippen molar-refractivity contribution in [1.29, 1.82) is 0 Å². The molecule has 2 aliphatic heterocycles. The van der Waals surface area contributed by atoms with E-state index in [1.807, 2.05) is 25.4 Å². The van der Waals surface area contributed by atoms with Gasteiger partial charge in [0.1, 0.15) is 55.3 Å². The lowest BCUT2D eigenvalue weighted by Crippen LogP contribution is -2.46. The number of hydrazone groups is 1. The van der Waals surface area contributed by atoms with Gasteiger partial charge in [0.2, 0.25) is 0 Å². The minimum Gasteiger partial charge on any atom is -0.488 e. The normalized spacial score (nSPS) is 17.5. The first-order valence-electron chi connectivity index (χ1n) is 20.2. The van der Waals surface area contributed by atoms with Gasteiger partial charge in [-0.1, -0.05) is 54.5 Å². The quantitative estimate of drug-likeness (QED) is 0.104. The van der Waals surface area contributed by atoms with E-state index in [0.29, 0.717) is 18.3 Å². The van der Waals surface area contributed by atoms with E-state index in [4.69, 9.17) is 19.3 Å². The molecule has 57 heavy (non-hydrogen) atoms. The van der Waals surface area contributed by atoms with Gasteiger partial charge < -0.3 is 28.9 Å². The molecule has 11 nitrogen and oxygen atoms in total. The Labute approximate surface area is 337 Å². The first-order chi connectivity index (χ1) is 27.2. The van der Waals surface area contributed by atoms with Crippen LogP contribution >= 0.6 is 0 Å². The lowest BCUT2D eigenvalue weighted by Gasteiger charge is -2.43. The third-order valence-electron chi connectivity index (χ3n) is 11.0. The van der Waals surface area contributed by atoms with Gasteiger partial charge in [-0.15, -0.1) is 0 Å². The molecule has 308 valence electrons. The largest absolute Gasteiger partial charge is 0.488 e. The lowest BCUT2D eigenvalue weighted by atomic mass is 9.66. The SMILES string of the molecule is CCCO[C@H](COc1ccc(N2CCN(c3ccc(N4C=NN(CC(C(C)(C)C)C(C)(C)C)C4C)cc3)CC2)cc1)OC(Cn1cncn1)c1ccc(F)cc1F. The van der Waals surface area contributed by atoms with E-state index >= 15 is 0 Å². The molecule has 0 aliphatic carbocycles. The van der Waals surface area contributed by atoms with Crippen LogP contribution in [0.1, 0.15) is 73.5 Å². The third-order valence-corrected chi connectivity index (χ3v) is 11.0. The molecule has 2 aliphatic rings. The lowest BCUT2D eigenvalue weighted by molar-refractivity contribution is -0.189. The van der Waals surface area contributed by atoms with Gasteiger partial charge in [-0.05, 0) is 84.7 Å². The van der Waals surface area contributed by atoms with Crippen molar-refractivity contribution in [2.75, 3.05) is 60.6 Å². The van der Waals surface area contributed by atoms with Gasteiger partial charge in [0.05, 0.1) is 6.54 Å². The second-order valence-electron chi connectivity index (χ2n) is 17.2. The van der Waals surface area contributed by atoms with Gasteiger partial charge in [0.15, 0.2) is 6.29 Å². The zero-order valence-corrected chi connectivity index (χ0v) is 34.8. The molecule has 0 bridgehead atoms. The predicted molar refractivity (Wildman–Crippen MR) is 223 cm³/mol. The number of anilines is 3. The maximum Gasteiger partial charge on any atom is 0.192 e. The average Bonchev–Trinajstić information content (AvgIpc) is 3.83. The smallest absolute Gasteiger partial charge is 0.192 e. The van der Waals surface area contributed by atoms with Crippen molar-refractivity contribution in [2.24, 2.45) is 21.8 Å². The van der Waals surface area contributed by atoms with Crippen LogP contribution in [0, 0.1) is 28.4 Å². The highest BCUT2D eigenvalue weighted by Gasteiger charge is 2.38. The summed E-state index contributed by atoms with van der Waals surface area (Å²) in [5, 5.41) is 11.2. The minimum atomic E-state index is -0.823. The zero-order chi connectivity index (χ0) is 40.7. The molecular formula is C44H60F2N8O3. The Morgan fingerprint density at radius 1 is 0.807 bits per heavy atom. The molecular weight excluding hydrogens is 727 g/mol. The van der Waals surface area contributed by atoms with E-state index in [9.17, 15) is 8.78 Å². The van der Waals surface area contributed by atoms with Crippen LogP contribution in [0.2, 0.25) is 0 Å². The van der Waals surface area contributed by atoms with E-state index in [1.54, 1.807) is 0 Å². The monoisotopic (exact) mass is 786 g/mol. The highest BCUT2D eigenvalue weighted by Crippen LogP contribution is 2.41. The van der Waals surface area contributed by atoms with Gasteiger partial charge in [-0.2, -0.15) is 10.2 Å². The summed E-state index contributed by atoms with van der Waals surface area (Å²) in [6.45, 7) is 23.4. The van der Waals surface area contributed by atoms with Gasteiger partial charge in [-0.25, -0.2) is 13.8 Å². The predicted octanol–water partition coefficient (Wildman–Crippen LogP) is 8.59. The number of nitrogens with zero attached hydrogens (tertiary/aromatic N) is 8. The van der Waals surface area contributed by atoms with Crippen molar-refractivity contribution in [1.82, 2.24) is 19.8 Å². The number of halogens is 2. The standard InChI is InChI=1S/C44H60F2N8O3/c1-9-24-55-42(57-40(26-52-30-47-29-48-52)38-19-10-33(45)25-39(38)46)28-56-37-17-15-35(16-18-37)51-22-20-50(21-23-51)34-11-13-36(14-12-34)53-31-49-54(32(53)2)27-41(43(3,4)5)44(6,7)8/h10-19,25,29-32,40-42H,9,20-24,26-28H2,1-8H3/t32?,40?,42-/m0/s1. The second-order valence-corrected chi connectivity index (χ2v) is 17.2. The molecule has 1 aromatic heterocycles. The van der Waals surface area contributed by atoms with Gasteiger partial charge in [0, 0.05) is 68.0 Å². The molecule has 1 saturated heterocycles. The topological polar surface area (TPSA) is 83.7 Å². The van der Waals surface area contributed by atoms with E-state index in [1.165, 1.54) is 35.2 Å². The van der Waals surface area contributed by atoms with Crippen LogP contribution < -0.4 is 19.4 Å². The molecule has 13 heteroatoms. The van der Waals surface area contributed by atoms with Crippen molar-refractivity contribution in [3.05, 3.63) is 96.6 Å². The van der Waals surface area contributed by atoms with E-state index in [0.717, 1.165) is 56.6 Å². The van der Waals surface area contributed by atoms with Crippen LogP contribution in [-0.4, -0.2) is 84.5 Å². The van der Waals surface area contributed by atoms with Crippen molar-refractivity contribution in [3.8, 4) is 5.75 Å². The first kappa shape index (κ1) is 41.9. The number of hydrogen-bond acceptors (Lipinski definition) is 10. The maximum absolute atomic E-state index is 14.9. The fourth-order valence-corrected chi connectivity index (χ4v) is 7.98. The van der Waals surface area contributed by atoms with Crippen molar-refractivity contribution in [3.63, 3.8) is 0 Å². The van der Waals surface area contributed by atoms with Gasteiger partial charge in [-0.3, -0.25) is 9.69 Å². The number of ether oxygens (including phenoxy) is 3. The summed E-state index contributed by atoms with van der Waals surface area (Å²) in [6, 6.07) is 20.3. The number of benzene rings is 3. The van der Waals surface area contributed by atoms with Crippen LogP contribution in [0.3, 0.4) is 0 Å². The summed E-state index contributed by atoms with van der Waals surface area (Å²) in [6.07, 6.45) is 4.15. The molecule has 0 amide bonds. The molecule has 0 spiro atoms. The Kier molecular flexibility index (Phi) is 13.4. The van der Waals surface area contributed by atoms with Crippen LogP contribution in [-0.2, 0) is 16.0 Å². The Morgan fingerprint density at radius 3 is 1.98 bits per heavy atom. The zero-order valence-electron chi connectivity index (χ0n) is 34.8. The van der Waals surface area contributed by atoms with E-state index in [2.05, 4.69) is 115 Å². The molecule has 3 atom stereocenters. The molecule has 3 heterocycles. The first-order valence-corrected chi connectivity index (χ1v) is 20.2. The van der Waals surface area contributed by atoms with Gasteiger partial charge in [0.25, 0.3) is 0 Å². The summed E-state index contributed by atoms with van der Waals surface area (Å²) in [5.74, 6) is -0.220. The summed E-state index contributed by atoms with van der Waals surface area (Å²) >= 11 is 0. The molecule has 0 radical (unpaired) electrons. The summed E-state index contributed by atoms with van der Waals surface area (Å²) in [5.41, 5.74) is 4.04. The summed E-state index contributed by atoms with van der Waals surface area (Å²) in [4.78, 5) is 11.1. The fraction of sp³-hybridized carbons (Fsp3) is 0.523. The number of aromatic nitrogens is 3. The van der Waals surface area contributed by atoms with Crippen LogP contribution in [0.15, 0.2) is 84.5 Å². The minimum absolute atomic E-state index is 0.0735. The van der Waals surface area contributed by atoms with Gasteiger partial charge >= 0.3 is 0 Å². The Balaban J connectivity index is 1.01. The summed E-state index contributed by atoms with van der Waals surface area (Å²) in [7, 11) is 0. The highest BCUT2D eigenvalue weighted by molar-refractivity contribution is 5.81. The summed E-state index contributed by atoms with van der Waals surface area (Å²) < 4.78 is 48.6. The molecule has 6 rings (SSSR count). The third kappa shape index (κ3) is 10.8. The highest BCUT2D eigenvalue weighted by atomic mass is 19.1. The molecule has 1 fully saturated rings. The molecule has 2 unspecified atom stereocenters. The fourth-order valence-electron chi connectivity index (χ4n) is 7.98. The Bertz CT molecular complexity index is 1860. The number of rotatable bonds is 16. The van der Waals surface area contributed by atoms with E-state index in [-0.39, 0.29) is 35.7 Å². The molecule has 4 aromatic rings. The van der Waals surface area contributed by atoms with Crippen molar-refractivity contribution < 1.29 is 23.0 Å². The van der Waals surface area contributed by atoms with Crippen LogP contribution in [0.5, 0.6) is 5.75 Å². The Hall–Kier alpha value is -4.75. The molecule has 0 saturated carbocycles. The van der Waals surface area contributed by atoms with Crippen molar-refractivity contribution >= 4 is 23.4 Å². The van der Waals surface area contributed by atoms with Crippen molar-refractivity contribution in [2.45, 2.75) is 86.9 Å². The van der Waals surface area contributed by atoms with E-state index < -0.39 is 24.0 Å². The average molecular weight is 787 g/mol. The molecule has 0 N–H and O–H groups in total. The number of hydrogen-bond donors (Lipinski definition) is 0. The second kappa shape index (κ2) is 18.2. The Morgan fingerprint density at radius 2 is 1.42 bits per heavy atom. The van der Waals surface area contributed by atoms with Crippen LogP contribution in [0.25, 0.3) is 0 Å². The number of piperazine rings is 1. The van der Waals surface area contributed by atoms with Crippen LogP contribution in [0.4, 0.5) is 25.8 Å².